The molecule has 0 bridgehead atoms. The van der Waals surface area contributed by atoms with E-state index >= 15 is 0 Å². The summed E-state index contributed by atoms with van der Waals surface area (Å²) in [5, 5.41) is 10.0. The van der Waals surface area contributed by atoms with Gasteiger partial charge in [-0.05, 0) is 26.8 Å². The molecule has 0 saturated heterocycles. The number of likely N-dealkylation sites (N-methyl/N-ethyl adjacent to an activating group) is 1. The van der Waals surface area contributed by atoms with E-state index in [9.17, 15) is 14.7 Å². The summed E-state index contributed by atoms with van der Waals surface area (Å²) < 4.78 is 1.21. The van der Waals surface area contributed by atoms with Gasteiger partial charge in [0.25, 0.3) is 5.56 Å². The van der Waals surface area contributed by atoms with E-state index in [2.05, 4.69) is 9.88 Å². The summed E-state index contributed by atoms with van der Waals surface area (Å²) in [5.41, 5.74) is -0.0660. The average molecular weight is 281 g/mol. The number of aromatic nitrogens is 2. The molecule has 0 aliphatic heterocycles. The quantitative estimate of drug-likeness (QED) is 0.819. The molecule has 1 aromatic rings. The molecular formula is C14H23N3O3. The predicted molar refractivity (Wildman–Crippen MR) is 77.0 cm³/mol. The molecule has 0 aromatic carbocycles. The Morgan fingerprint density at radius 1 is 1.40 bits per heavy atom. The summed E-state index contributed by atoms with van der Waals surface area (Å²) in [5.74, 6) is 0. The predicted octanol–water partition coefficient (Wildman–Crippen LogP) is 0.0803. The molecule has 6 heteroatoms. The molecule has 1 aliphatic carbocycles. The van der Waals surface area contributed by atoms with Crippen LogP contribution in [-0.4, -0.2) is 45.3 Å². The summed E-state index contributed by atoms with van der Waals surface area (Å²) in [4.78, 5) is 28.2. The van der Waals surface area contributed by atoms with Crippen LogP contribution in [0.3, 0.4) is 0 Å². The van der Waals surface area contributed by atoms with Gasteiger partial charge in [0.1, 0.15) is 0 Å². The van der Waals surface area contributed by atoms with Gasteiger partial charge in [-0.15, -0.1) is 0 Å². The Morgan fingerprint density at radius 2 is 2.10 bits per heavy atom. The van der Waals surface area contributed by atoms with Gasteiger partial charge in [-0.3, -0.25) is 14.3 Å². The number of nitrogens with one attached hydrogen (secondary N) is 1. The minimum Gasteiger partial charge on any atom is -0.391 e. The maximum atomic E-state index is 11.8. The highest BCUT2D eigenvalue weighted by atomic mass is 16.3. The molecule has 0 radical (unpaired) electrons. The molecule has 0 amide bonds. The van der Waals surface area contributed by atoms with Gasteiger partial charge >= 0.3 is 5.69 Å². The Labute approximate surface area is 118 Å². The number of nitrogens with zero attached hydrogens (tertiary/aromatic N) is 2. The average Bonchev–Trinajstić information content (AvgIpc) is 2.37. The fraction of sp³-hybridized carbons (Fsp3) is 0.714. The summed E-state index contributed by atoms with van der Waals surface area (Å²) in [6, 6.07) is 1.56. The summed E-state index contributed by atoms with van der Waals surface area (Å²) >= 11 is 0. The maximum Gasteiger partial charge on any atom is 0.328 e. The van der Waals surface area contributed by atoms with Crippen LogP contribution in [0.1, 0.15) is 31.4 Å². The minimum atomic E-state index is -0.368. The van der Waals surface area contributed by atoms with Crippen LogP contribution in [0.25, 0.3) is 0 Å². The van der Waals surface area contributed by atoms with Gasteiger partial charge in [-0.2, -0.15) is 0 Å². The zero-order valence-corrected chi connectivity index (χ0v) is 12.1. The number of hydrogen-bond donors (Lipinski definition) is 2. The third-order valence-electron chi connectivity index (χ3n) is 4.09. The number of H-pyrrole nitrogens is 1. The van der Waals surface area contributed by atoms with Crippen molar-refractivity contribution in [1.82, 2.24) is 14.5 Å². The SMILES string of the molecule is Cc1cc(=O)n(CCN(C)[C@@H]2CCCC[C@@H]2O)c(=O)[nH]1. The first-order valence-corrected chi connectivity index (χ1v) is 7.18. The van der Waals surface area contributed by atoms with Crippen molar-refractivity contribution in [3.63, 3.8) is 0 Å². The van der Waals surface area contributed by atoms with Gasteiger partial charge in [-0.1, -0.05) is 12.8 Å². The van der Waals surface area contributed by atoms with E-state index in [-0.39, 0.29) is 23.4 Å². The Bertz CT molecular complexity index is 532. The van der Waals surface area contributed by atoms with E-state index < -0.39 is 0 Å². The van der Waals surface area contributed by atoms with Gasteiger partial charge < -0.3 is 10.1 Å². The van der Waals surface area contributed by atoms with Gasteiger partial charge in [0.05, 0.1) is 6.10 Å². The van der Waals surface area contributed by atoms with E-state index in [4.69, 9.17) is 0 Å². The highest BCUT2D eigenvalue weighted by Gasteiger charge is 2.26. The van der Waals surface area contributed by atoms with Gasteiger partial charge in [0, 0.05) is 30.9 Å². The zero-order valence-electron chi connectivity index (χ0n) is 12.1. The van der Waals surface area contributed by atoms with Crippen molar-refractivity contribution >= 4 is 0 Å². The number of rotatable bonds is 4. The van der Waals surface area contributed by atoms with Gasteiger partial charge in [-0.25, -0.2) is 4.79 Å². The van der Waals surface area contributed by atoms with Crippen LogP contribution in [0.5, 0.6) is 0 Å². The fourth-order valence-corrected chi connectivity index (χ4v) is 2.88. The summed E-state index contributed by atoms with van der Waals surface area (Å²) in [6.07, 6.45) is 3.69. The van der Waals surface area contributed by atoms with Crippen LogP contribution in [0.4, 0.5) is 0 Å². The van der Waals surface area contributed by atoms with Gasteiger partial charge in [0.15, 0.2) is 0 Å². The van der Waals surface area contributed by atoms with Crippen molar-refractivity contribution < 1.29 is 5.11 Å². The summed E-state index contributed by atoms with van der Waals surface area (Å²) in [7, 11) is 1.94. The van der Waals surface area contributed by atoms with Crippen molar-refractivity contribution in [3.05, 3.63) is 32.6 Å². The molecule has 2 N–H and O–H groups in total. The smallest absolute Gasteiger partial charge is 0.328 e. The molecule has 20 heavy (non-hydrogen) atoms. The Kier molecular flexibility index (Phi) is 4.77. The Hall–Kier alpha value is -1.40. The van der Waals surface area contributed by atoms with E-state index in [1.165, 1.54) is 10.6 Å². The van der Waals surface area contributed by atoms with Crippen LogP contribution in [-0.2, 0) is 6.54 Å². The molecule has 2 rings (SSSR count). The molecule has 1 saturated carbocycles. The third-order valence-corrected chi connectivity index (χ3v) is 4.09. The normalized spacial score (nSPS) is 23.2. The van der Waals surface area contributed by atoms with Crippen molar-refractivity contribution in [3.8, 4) is 0 Å². The zero-order chi connectivity index (χ0) is 14.7. The lowest BCUT2D eigenvalue weighted by Crippen LogP contribution is -2.46. The minimum absolute atomic E-state index is 0.129. The highest BCUT2D eigenvalue weighted by molar-refractivity contribution is 4.96. The number of aromatic amines is 1. The highest BCUT2D eigenvalue weighted by Crippen LogP contribution is 2.22. The van der Waals surface area contributed by atoms with Gasteiger partial charge in [0.2, 0.25) is 0 Å². The van der Waals surface area contributed by atoms with Crippen molar-refractivity contribution in [2.75, 3.05) is 13.6 Å². The topological polar surface area (TPSA) is 78.3 Å². The lowest BCUT2D eigenvalue weighted by atomic mass is 9.91. The van der Waals surface area contributed by atoms with E-state index in [1.807, 2.05) is 7.05 Å². The largest absolute Gasteiger partial charge is 0.391 e. The first kappa shape index (κ1) is 15.0. The second kappa shape index (κ2) is 6.37. The lowest BCUT2D eigenvalue weighted by molar-refractivity contribution is 0.0306. The molecule has 0 spiro atoms. The van der Waals surface area contributed by atoms with Crippen LogP contribution < -0.4 is 11.2 Å². The fourth-order valence-electron chi connectivity index (χ4n) is 2.88. The molecule has 1 heterocycles. The van der Waals surface area contributed by atoms with E-state index in [1.54, 1.807) is 6.92 Å². The molecule has 1 aromatic heterocycles. The second-order valence-corrected chi connectivity index (χ2v) is 5.65. The molecule has 0 unspecified atom stereocenters. The van der Waals surface area contributed by atoms with Crippen molar-refractivity contribution in [1.29, 1.82) is 0 Å². The first-order valence-electron chi connectivity index (χ1n) is 7.18. The molecule has 6 nitrogen and oxygen atoms in total. The first-order chi connectivity index (χ1) is 9.49. The monoisotopic (exact) mass is 281 g/mol. The van der Waals surface area contributed by atoms with Crippen LogP contribution in [0, 0.1) is 6.92 Å². The molecule has 1 fully saturated rings. The van der Waals surface area contributed by atoms with E-state index in [0.29, 0.717) is 18.8 Å². The molecule has 1 aliphatic rings. The standard InChI is InChI=1S/C14H23N3O3/c1-10-9-13(19)17(14(20)15-10)8-7-16(2)11-5-3-4-6-12(11)18/h9,11-12,18H,3-8H2,1-2H3,(H,15,20)/t11-,12+/m1/s1. The van der Waals surface area contributed by atoms with Crippen LogP contribution >= 0.6 is 0 Å². The molecule has 2 atom stereocenters. The van der Waals surface area contributed by atoms with E-state index in [0.717, 1.165) is 25.7 Å². The second-order valence-electron chi connectivity index (χ2n) is 5.65. The maximum absolute atomic E-state index is 11.8. The number of hydrogen-bond acceptors (Lipinski definition) is 4. The van der Waals surface area contributed by atoms with Crippen molar-refractivity contribution in [2.45, 2.75) is 51.3 Å². The van der Waals surface area contributed by atoms with Crippen LogP contribution in [0.2, 0.25) is 0 Å². The third kappa shape index (κ3) is 3.37. The molecule has 112 valence electrons. The molecular weight excluding hydrogens is 258 g/mol. The Balaban J connectivity index is 2.02. The van der Waals surface area contributed by atoms with Crippen molar-refractivity contribution in [2.24, 2.45) is 0 Å². The lowest BCUT2D eigenvalue weighted by Gasteiger charge is -2.35. The number of aliphatic hydroxyl groups excluding tert-OH is 1. The van der Waals surface area contributed by atoms with Crippen LogP contribution in [0.15, 0.2) is 15.7 Å². The number of aliphatic hydroxyl groups is 1. The summed E-state index contributed by atoms with van der Waals surface area (Å²) in [6.45, 7) is 2.61. The Morgan fingerprint density at radius 3 is 2.75 bits per heavy atom. The number of aryl methyl sites for hydroxylation is 1.